The molecule has 1 heterocycles. The summed E-state index contributed by atoms with van der Waals surface area (Å²) in [5.41, 5.74) is 5.06. The Hall–Kier alpha value is -2.53. The van der Waals surface area contributed by atoms with Gasteiger partial charge in [-0.1, -0.05) is 56.0 Å². The third-order valence-electron chi connectivity index (χ3n) is 6.94. The first-order valence-corrected chi connectivity index (χ1v) is 11.9. The van der Waals surface area contributed by atoms with Crippen molar-refractivity contribution in [2.75, 3.05) is 13.1 Å². The van der Waals surface area contributed by atoms with Crippen LogP contribution < -0.4 is 0 Å². The normalized spacial score (nSPS) is 19.5. The quantitative estimate of drug-likeness (QED) is 0.577. The van der Waals surface area contributed by atoms with E-state index in [1.165, 1.54) is 31.4 Å². The molecule has 0 N–H and O–H groups in total. The van der Waals surface area contributed by atoms with Crippen LogP contribution in [0.5, 0.6) is 0 Å². The molecule has 2 aliphatic rings. The van der Waals surface area contributed by atoms with Gasteiger partial charge in [0.05, 0.1) is 18.3 Å². The van der Waals surface area contributed by atoms with Crippen molar-refractivity contribution in [3.05, 3.63) is 70.5 Å². The van der Waals surface area contributed by atoms with E-state index in [2.05, 4.69) is 43.9 Å². The minimum Gasteiger partial charge on any atom is -0.292 e. The molecule has 0 spiro atoms. The minimum absolute atomic E-state index is 0.00742. The number of nitrogens with zero attached hydrogens (tertiary/aromatic N) is 3. The van der Waals surface area contributed by atoms with Gasteiger partial charge in [-0.2, -0.15) is 5.10 Å². The van der Waals surface area contributed by atoms with Crippen LogP contribution >= 0.6 is 0 Å². The summed E-state index contributed by atoms with van der Waals surface area (Å²) in [5, 5.41) is 6.45. The summed E-state index contributed by atoms with van der Waals surface area (Å²) in [4.78, 5) is 15.8. The number of hydrazone groups is 1. The first kappa shape index (κ1) is 22.7. The molecule has 5 heteroatoms. The Labute approximate surface area is 191 Å². The Morgan fingerprint density at radius 2 is 1.91 bits per heavy atom. The molecule has 1 aliphatic carbocycles. The maximum absolute atomic E-state index is 14.0. The maximum atomic E-state index is 14.0. The van der Waals surface area contributed by atoms with Gasteiger partial charge in [0.2, 0.25) is 0 Å². The second kappa shape index (κ2) is 9.95. The molecule has 1 amide bonds. The molecule has 170 valence electrons. The molecule has 4 nitrogen and oxygen atoms in total. The number of rotatable bonds is 6. The van der Waals surface area contributed by atoms with Gasteiger partial charge in [-0.3, -0.25) is 9.69 Å². The van der Waals surface area contributed by atoms with Gasteiger partial charge in [0.1, 0.15) is 5.82 Å². The highest BCUT2D eigenvalue weighted by Gasteiger charge is 2.35. The van der Waals surface area contributed by atoms with Crippen molar-refractivity contribution < 1.29 is 9.18 Å². The third kappa shape index (κ3) is 4.93. The van der Waals surface area contributed by atoms with E-state index >= 15 is 0 Å². The predicted molar refractivity (Wildman–Crippen MR) is 127 cm³/mol. The summed E-state index contributed by atoms with van der Waals surface area (Å²) < 4.78 is 14.0. The summed E-state index contributed by atoms with van der Waals surface area (Å²) in [7, 11) is 0. The van der Waals surface area contributed by atoms with Gasteiger partial charge in [0, 0.05) is 18.0 Å². The maximum Gasteiger partial charge on any atom is 0.257 e. The van der Waals surface area contributed by atoms with Crippen LogP contribution in [0.25, 0.3) is 0 Å². The zero-order valence-corrected chi connectivity index (χ0v) is 19.5. The van der Waals surface area contributed by atoms with Crippen LogP contribution in [0.4, 0.5) is 4.39 Å². The van der Waals surface area contributed by atoms with Crippen molar-refractivity contribution in [2.45, 2.75) is 71.4 Å². The second-order valence-corrected chi connectivity index (χ2v) is 9.23. The van der Waals surface area contributed by atoms with Crippen molar-refractivity contribution in [2.24, 2.45) is 5.10 Å². The summed E-state index contributed by atoms with van der Waals surface area (Å²) in [6, 6.07) is 13.1. The molecule has 32 heavy (non-hydrogen) atoms. The molecule has 2 aromatic carbocycles. The van der Waals surface area contributed by atoms with Crippen LogP contribution in [0.1, 0.15) is 73.7 Å². The van der Waals surface area contributed by atoms with E-state index < -0.39 is 0 Å². The van der Waals surface area contributed by atoms with E-state index in [0.29, 0.717) is 19.0 Å². The Kier molecular flexibility index (Phi) is 7.04. The summed E-state index contributed by atoms with van der Waals surface area (Å²) in [6.07, 6.45) is 6.67. The molecular weight excluding hydrogens is 401 g/mol. The van der Waals surface area contributed by atoms with E-state index in [4.69, 9.17) is 5.10 Å². The van der Waals surface area contributed by atoms with Crippen molar-refractivity contribution in [3.63, 3.8) is 0 Å². The number of aryl methyl sites for hydroxylation is 2. The van der Waals surface area contributed by atoms with Crippen LogP contribution in [-0.2, 0) is 4.79 Å². The SMILES string of the molecule is CCN(CC(=O)N1N=C(c2cc(C)ccc2C)CC1c1cccc(F)c1)C1CCCCC1. The van der Waals surface area contributed by atoms with Crippen LogP contribution in [0.3, 0.4) is 0 Å². The molecule has 1 unspecified atom stereocenters. The van der Waals surface area contributed by atoms with E-state index in [1.807, 2.05) is 6.07 Å². The van der Waals surface area contributed by atoms with E-state index in [-0.39, 0.29) is 17.8 Å². The fourth-order valence-corrected chi connectivity index (χ4v) is 5.11. The fourth-order valence-electron chi connectivity index (χ4n) is 5.11. The fraction of sp³-hybridized carbons (Fsp3) is 0.481. The van der Waals surface area contributed by atoms with Gasteiger partial charge in [-0.05, 0) is 62.6 Å². The Bertz CT molecular complexity index is 996. The van der Waals surface area contributed by atoms with Crippen molar-refractivity contribution in [3.8, 4) is 0 Å². The molecule has 4 rings (SSSR count). The molecule has 2 aromatic rings. The van der Waals surface area contributed by atoms with Crippen molar-refractivity contribution in [1.29, 1.82) is 0 Å². The van der Waals surface area contributed by atoms with E-state index in [0.717, 1.165) is 47.4 Å². The highest BCUT2D eigenvalue weighted by molar-refractivity contribution is 6.04. The largest absolute Gasteiger partial charge is 0.292 e. The van der Waals surface area contributed by atoms with Gasteiger partial charge >= 0.3 is 0 Å². The number of carbonyl (C=O) groups is 1. The van der Waals surface area contributed by atoms with Gasteiger partial charge in [0.25, 0.3) is 5.91 Å². The monoisotopic (exact) mass is 435 g/mol. The topological polar surface area (TPSA) is 35.9 Å². The molecule has 0 bridgehead atoms. The lowest BCUT2D eigenvalue weighted by molar-refractivity contribution is -0.135. The van der Waals surface area contributed by atoms with Crippen LogP contribution in [-0.4, -0.2) is 40.7 Å². The Balaban J connectivity index is 1.63. The first-order valence-electron chi connectivity index (χ1n) is 11.9. The number of carbonyl (C=O) groups excluding carboxylic acids is 1. The number of hydrogen-bond donors (Lipinski definition) is 0. The lowest BCUT2D eigenvalue weighted by atomic mass is 9.94. The van der Waals surface area contributed by atoms with E-state index in [1.54, 1.807) is 11.1 Å². The molecule has 1 fully saturated rings. The lowest BCUT2D eigenvalue weighted by Crippen LogP contribution is -2.44. The average molecular weight is 436 g/mol. The molecule has 0 aromatic heterocycles. The van der Waals surface area contributed by atoms with Gasteiger partial charge < -0.3 is 0 Å². The zero-order chi connectivity index (χ0) is 22.7. The van der Waals surface area contributed by atoms with Crippen LogP contribution in [0, 0.1) is 19.7 Å². The molecule has 0 radical (unpaired) electrons. The number of likely N-dealkylation sites (N-methyl/N-ethyl adjacent to an activating group) is 1. The van der Waals surface area contributed by atoms with Gasteiger partial charge in [-0.25, -0.2) is 9.40 Å². The van der Waals surface area contributed by atoms with Crippen LogP contribution in [0.2, 0.25) is 0 Å². The summed E-state index contributed by atoms with van der Waals surface area (Å²) >= 11 is 0. The highest BCUT2D eigenvalue weighted by Crippen LogP contribution is 2.34. The third-order valence-corrected chi connectivity index (χ3v) is 6.94. The van der Waals surface area contributed by atoms with Crippen molar-refractivity contribution >= 4 is 11.6 Å². The molecule has 1 aliphatic heterocycles. The number of amides is 1. The zero-order valence-electron chi connectivity index (χ0n) is 19.5. The van der Waals surface area contributed by atoms with Crippen molar-refractivity contribution in [1.82, 2.24) is 9.91 Å². The second-order valence-electron chi connectivity index (χ2n) is 9.23. The Morgan fingerprint density at radius 1 is 1.12 bits per heavy atom. The summed E-state index contributed by atoms with van der Waals surface area (Å²) in [5.74, 6) is -0.292. The smallest absolute Gasteiger partial charge is 0.257 e. The standard InChI is InChI=1S/C27H34FN3O/c1-4-30(23-11-6-5-7-12-23)18-27(32)31-26(21-9-8-10-22(28)16-21)17-25(29-31)24-15-19(2)13-14-20(24)3/h8-10,13-16,23,26H,4-7,11-12,17-18H2,1-3H3. The minimum atomic E-state index is -0.285. The molecular formula is C27H34FN3O. The lowest BCUT2D eigenvalue weighted by Gasteiger charge is -2.34. The highest BCUT2D eigenvalue weighted by atomic mass is 19.1. The van der Waals surface area contributed by atoms with Crippen LogP contribution in [0.15, 0.2) is 47.6 Å². The number of halogens is 1. The molecule has 1 atom stereocenters. The number of benzene rings is 2. The van der Waals surface area contributed by atoms with Gasteiger partial charge in [0.15, 0.2) is 0 Å². The molecule has 1 saturated carbocycles. The predicted octanol–water partition coefficient (Wildman–Crippen LogP) is 5.77. The Morgan fingerprint density at radius 3 is 2.62 bits per heavy atom. The number of hydrogen-bond acceptors (Lipinski definition) is 3. The summed E-state index contributed by atoms with van der Waals surface area (Å²) in [6.45, 7) is 7.47. The first-order chi connectivity index (χ1) is 15.5. The average Bonchev–Trinajstić information content (AvgIpc) is 3.25. The van der Waals surface area contributed by atoms with Gasteiger partial charge in [-0.15, -0.1) is 0 Å². The van der Waals surface area contributed by atoms with E-state index in [9.17, 15) is 9.18 Å². The molecule has 0 saturated heterocycles.